The molecule has 0 radical (unpaired) electrons. The van der Waals surface area contributed by atoms with Crippen LogP contribution in [0.1, 0.15) is 25.8 Å². The molecule has 1 aliphatic rings. The van der Waals surface area contributed by atoms with Crippen molar-refractivity contribution in [3.05, 3.63) is 29.8 Å². The van der Waals surface area contributed by atoms with Gasteiger partial charge in [0.05, 0.1) is 11.5 Å². The topological polar surface area (TPSA) is 63.7 Å². The fourth-order valence-electron chi connectivity index (χ4n) is 2.30. The molecule has 1 aromatic carbocycles. The molecule has 5 nitrogen and oxygen atoms in total. The number of carbonyl (C=O) groups excluding carboxylic acids is 1. The van der Waals surface area contributed by atoms with E-state index in [0.717, 1.165) is 5.56 Å². The summed E-state index contributed by atoms with van der Waals surface area (Å²) in [7, 11) is -3.64. The molecule has 1 fully saturated rings. The Bertz CT molecular complexity index is 594. The van der Waals surface area contributed by atoms with Crippen molar-refractivity contribution >= 4 is 15.8 Å². The zero-order valence-electron chi connectivity index (χ0n) is 11.9. The molecule has 2 atom stereocenters. The van der Waals surface area contributed by atoms with Gasteiger partial charge in [0.15, 0.2) is 0 Å². The third-order valence-electron chi connectivity index (χ3n) is 3.31. The van der Waals surface area contributed by atoms with Gasteiger partial charge in [0.1, 0.15) is 12.0 Å². The lowest BCUT2D eigenvalue weighted by molar-refractivity contribution is -0.120. The lowest BCUT2D eigenvalue weighted by Gasteiger charge is -2.25. The highest BCUT2D eigenvalue weighted by Crippen LogP contribution is 2.28. The van der Waals surface area contributed by atoms with E-state index >= 15 is 0 Å². The number of nitrogens with zero attached hydrogens (tertiary/aromatic N) is 1. The highest BCUT2D eigenvalue weighted by atomic mass is 32.2. The molecule has 0 saturated carbocycles. The Labute approximate surface area is 119 Å². The molecular formula is C14H19NO4S. The maximum absolute atomic E-state index is 12.7. The summed E-state index contributed by atoms with van der Waals surface area (Å²) in [4.78, 5) is 11.5. The summed E-state index contributed by atoms with van der Waals surface area (Å²) in [6.07, 6.45) is -0.621. The molecule has 110 valence electrons. The Kier molecular flexibility index (Phi) is 4.27. The van der Waals surface area contributed by atoms with Crippen molar-refractivity contribution in [2.75, 3.05) is 6.61 Å². The Balaban J connectivity index is 2.35. The summed E-state index contributed by atoms with van der Waals surface area (Å²) in [5, 5.41) is 0. The van der Waals surface area contributed by atoms with Gasteiger partial charge < -0.3 is 4.74 Å². The van der Waals surface area contributed by atoms with Crippen molar-refractivity contribution < 1.29 is 17.9 Å². The van der Waals surface area contributed by atoms with E-state index in [1.807, 2.05) is 6.92 Å². The predicted molar refractivity (Wildman–Crippen MR) is 74.7 cm³/mol. The average molecular weight is 297 g/mol. The van der Waals surface area contributed by atoms with Crippen LogP contribution < -0.4 is 0 Å². The van der Waals surface area contributed by atoms with Crippen LogP contribution in [0.4, 0.5) is 0 Å². The number of hydrogen-bond donors (Lipinski definition) is 0. The van der Waals surface area contributed by atoms with Gasteiger partial charge >= 0.3 is 0 Å². The second-order valence-electron chi connectivity index (χ2n) is 5.19. The van der Waals surface area contributed by atoms with E-state index in [4.69, 9.17) is 4.74 Å². The van der Waals surface area contributed by atoms with Crippen molar-refractivity contribution in [3.63, 3.8) is 0 Å². The van der Waals surface area contributed by atoms with E-state index in [2.05, 4.69) is 0 Å². The Hall–Kier alpha value is -1.24. The Morgan fingerprint density at radius 2 is 1.95 bits per heavy atom. The molecule has 20 heavy (non-hydrogen) atoms. The van der Waals surface area contributed by atoms with Crippen LogP contribution in [0, 0.1) is 6.92 Å². The first kappa shape index (κ1) is 15.2. The first-order valence-electron chi connectivity index (χ1n) is 6.53. The van der Waals surface area contributed by atoms with E-state index < -0.39 is 16.3 Å². The lowest BCUT2D eigenvalue weighted by Crippen LogP contribution is -2.41. The number of rotatable bonds is 4. The molecule has 2 rings (SSSR count). The third kappa shape index (κ3) is 2.92. The van der Waals surface area contributed by atoms with Crippen molar-refractivity contribution in [3.8, 4) is 0 Å². The minimum atomic E-state index is -3.64. The van der Waals surface area contributed by atoms with Crippen LogP contribution in [-0.4, -0.2) is 37.4 Å². The number of ether oxygens (including phenoxy) is 1. The smallest absolute Gasteiger partial charge is 0.245 e. The van der Waals surface area contributed by atoms with Gasteiger partial charge in [-0.2, -0.15) is 4.31 Å². The molecule has 6 heteroatoms. The zero-order chi connectivity index (χ0) is 14.9. The maximum Gasteiger partial charge on any atom is 0.245 e. The van der Waals surface area contributed by atoms with Gasteiger partial charge in [-0.15, -0.1) is 0 Å². The minimum Gasteiger partial charge on any atom is -0.360 e. The summed E-state index contributed by atoms with van der Waals surface area (Å²) in [6, 6.07) is 6.41. The van der Waals surface area contributed by atoms with E-state index in [1.54, 1.807) is 31.2 Å². The Morgan fingerprint density at radius 3 is 2.50 bits per heavy atom. The fourth-order valence-corrected chi connectivity index (χ4v) is 4.00. The largest absolute Gasteiger partial charge is 0.360 e. The SMILES string of the molecule is CC(=O)C[C@@H]1OC[C@H](C)N1S(=O)(=O)c1ccc(C)cc1. The van der Waals surface area contributed by atoms with Crippen molar-refractivity contribution in [2.45, 2.75) is 44.4 Å². The maximum atomic E-state index is 12.7. The lowest BCUT2D eigenvalue weighted by atomic mass is 10.2. The van der Waals surface area contributed by atoms with E-state index in [-0.39, 0.29) is 23.1 Å². The number of benzene rings is 1. The molecule has 0 spiro atoms. The molecule has 0 aliphatic carbocycles. The highest BCUT2D eigenvalue weighted by molar-refractivity contribution is 7.89. The highest BCUT2D eigenvalue weighted by Gasteiger charge is 2.41. The van der Waals surface area contributed by atoms with Crippen LogP contribution in [-0.2, 0) is 19.6 Å². The van der Waals surface area contributed by atoms with Crippen molar-refractivity contribution in [1.82, 2.24) is 4.31 Å². The van der Waals surface area contributed by atoms with Gasteiger partial charge in [0.2, 0.25) is 10.0 Å². The molecule has 0 N–H and O–H groups in total. The van der Waals surface area contributed by atoms with Crippen molar-refractivity contribution in [2.24, 2.45) is 0 Å². The monoisotopic (exact) mass is 297 g/mol. The summed E-state index contributed by atoms with van der Waals surface area (Å²) in [6.45, 7) is 5.43. The fraction of sp³-hybridized carbons (Fsp3) is 0.500. The van der Waals surface area contributed by atoms with Crippen LogP contribution in [0.2, 0.25) is 0 Å². The molecule has 0 amide bonds. The number of aryl methyl sites for hydroxylation is 1. The molecule has 0 bridgehead atoms. The van der Waals surface area contributed by atoms with Crippen LogP contribution in [0.25, 0.3) is 0 Å². The minimum absolute atomic E-state index is 0.0788. The molecule has 1 aromatic rings. The number of ketones is 1. The second kappa shape index (κ2) is 5.63. The number of carbonyl (C=O) groups is 1. The first-order valence-corrected chi connectivity index (χ1v) is 7.97. The van der Waals surface area contributed by atoms with Gasteiger partial charge in [-0.1, -0.05) is 17.7 Å². The van der Waals surface area contributed by atoms with Crippen LogP contribution in [0.3, 0.4) is 0 Å². The van der Waals surface area contributed by atoms with Crippen LogP contribution >= 0.6 is 0 Å². The number of sulfonamides is 1. The summed E-state index contributed by atoms with van der Waals surface area (Å²) < 4.78 is 32.1. The zero-order valence-corrected chi connectivity index (χ0v) is 12.7. The number of Topliss-reactive ketones (excluding diaryl/α,β-unsaturated/α-hetero) is 1. The number of hydrogen-bond acceptors (Lipinski definition) is 4. The summed E-state index contributed by atoms with van der Waals surface area (Å²) in [5.41, 5.74) is 0.995. The Morgan fingerprint density at radius 1 is 1.35 bits per heavy atom. The average Bonchev–Trinajstić information content (AvgIpc) is 2.70. The first-order chi connectivity index (χ1) is 9.32. The molecule has 1 aliphatic heterocycles. The van der Waals surface area contributed by atoms with Crippen LogP contribution in [0.5, 0.6) is 0 Å². The predicted octanol–water partition coefficient (Wildman–Crippen LogP) is 1.71. The van der Waals surface area contributed by atoms with E-state index in [9.17, 15) is 13.2 Å². The van der Waals surface area contributed by atoms with Gasteiger partial charge in [-0.05, 0) is 32.9 Å². The van der Waals surface area contributed by atoms with Crippen molar-refractivity contribution in [1.29, 1.82) is 0 Å². The van der Waals surface area contributed by atoms with Gasteiger partial charge in [0, 0.05) is 12.5 Å². The van der Waals surface area contributed by atoms with E-state index in [0.29, 0.717) is 6.61 Å². The standard InChI is InChI=1S/C14H19NO4S/c1-10-4-6-13(7-5-10)20(17,18)15-11(2)9-19-14(15)8-12(3)16/h4-7,11,14H,8-9H2,1-3H3/t11-,14-/m0/s1. The van der Waals surface area contributed by atoms with Crippen LogP contribution in [0.15, 0.2) is 29.2 Å². The summed E-state index contributed by atoms with van der Waals surface area (Å²) in [5.74, 6) is -0.0896. The summed E-state index contributed by atoms with van der Waals surface area (Å²) >= 11 is 0. The second-order valence-corrected chi connectivity index (χ2v) is 7.03. The normalized spacial score (nSPS) is 23.9. The molecule has 0 aromatic heterocycles. The van der Waals surface area contributed by atoms with E-state index in [1.165, 1.54) is 11.2 Å². The van der Waals surface area contributed by atoms with Gasteiger partial charge in [-0.3, -0.25) is 4.79 Å². The quantitative estimate of drug-likeness (QED) is 0.848. The molecule has 1 saturated heterocycles. The molecular weight excluding hydrogens is 278 g/mol. The third-order valence-corrected chi connectivity index (χ3v) is 5.32. The van der Waals surface area contributed by atoms with Gasteiger partial charge in [-0.25, -0.2) is 8.42 Å². The molecule has 0 unspecified atom stereocenters. The molecule has 1 heterocycles. The van der Waals surface area contributed by atoms with Gasteiger partial charge in [0.25, 0.3) is 0 Å².